The Hall–Kier alpha value is -2.15. The molecule has 1 fully saturated rings. The van der Waals surface area contributed by atoms with E-state index in [2.05, 4.69) is 10.3 Å². The predicted octanol–water partition coefficient (Wildman–Crippen LogP) is 1.36. The van der Waals surface area contributed by atoms with Crippen LogP contribution in [0.5, 0.6) is 0 Å². The quantitative estimate of drug-likeness (QED) is 0.890. The number of piperidine rings is 1. The first kappa shape index (κ1) is 13.8. The first-order valence-electron chi connectivity index (χ1n) is 6.89. The van der Waals surface area contributed by atoms with Crippen LogP contribution in [0.25, 0.3) is 11.1 Å². The average molecular weight is 293 g/mol. The summed E-state index contributed by atoms with van der Waals surface area (Å²) < 4.78 is 18.6. The Balaban J connectivity index is 1.76. The lowest BCUT2D eigenvalue weighted by molar-refractivity contribution is -0.134. The van der Waals surface area contributed by atoms with Crippen molar-refractivity contribution in [3.63, 3.8) is 0 Å². The maximum Gasteiger partial charge on any atom is 0.296 e. The van der Waals surface area contributed by atoms with Crippen LogP contribution in [0.3, 0.4) is 0 Å². The molecule has 2 aromatic rings. The number of amides is 1. The van der Waals surface area contributed by atoms with Gasteiger partial charge in [0.1, 0.15) is 17.4 Å². The van der Waals surface area contributed by atoms with Crippen LogP contribution >= 0.6 is 0 Å². The zero-order chi connectivity index (χ0) is 14.8. The highest BCUT2D eigenvalue weighted by molar-refractivity contribution is 5.85. The zero-order valence-corrected chi connectivity index (χ0v) is 11.4. The summed E-state index contributed by atoms with van der Waals surface area (Å²) in [6.07, 6.45) is 1.52. The largest absolute Gasteiger partial charge is 0.424 e. The SMILES string of the molecule is O=C1[C@@H](Nc2nc3cc(F)ccc3o2)CCCN1CCO. The summed E-state index contributed by atoms with van der Waals surface area (Å²) in [5.41, 5.74) is 0.877. The van der Waals surface area contributed by atoms with Crippen LogP contribution in [0, 0.1) is 5.82 Å². The Kier molecular flexibility index (Phi) is 3.74. The molecule has 6 nitrogen and oxygen atoms in total. The van der Waals surface area contributed by atoms with Crippen molar-refractivity contribution in [3.05, 3.63) is 24.0 Å². The van der Waals surface area contributed by atoms with Gasteiger partial charge >= 0.3 is 0 Å². The normalized spacial score (nSPS) is 19.2. The van der Waals surface area contributed by atoms with Gasteiger partial charge < -0.3 is 19.7 Å². The first-order valence-corrected chi connectivity index (χ1v) is 6.89. The number of carbonyl (C=O) groups excluding carboxylic acids is 1. The lowest BCUT2D eigenvalue weighted by Crippen LogP contribution is -2.48. The molecule has 1 aromatic carbocycles. The molecule has 7 heteroatoms. The van der Waals surface area contributed by atoms with Crippen molar-refractivity contribution in [3.8, 4) is 0 Å². The molecule has 1 amide bonds. The third kappa shape index (κ3) is 2.82. The van der Waals surface area contributed by atoms with E-state index < -0.39 is 6.04 Å². The second-order valence-electron chi connectivity index (χ2n) is 5.02. The summed E-state index contributed by atoms with van der Waals surface area (Å²) in [5.74, 6) is -0.464. The van der Waals surface area contributed by atoms with Gasteiger partial charge in [-0.3, -0.25) is 4.79 Å². The second kappa shape index (κ2) is 5.69. The molecule has 0 aliphatic carbocycles. The molecule has 1 aromatic heterocycles. The fourth-order valence-corrected chi connectivity index (χ4v) is 2.53. The van der Waals surface area contributed by atoms with Gasteiger partial charge in [0.15, 0.2) is 5.58 Å². The van der Waals surface area contributed by atoms with Gasteiger partial charge in [0.25, 0.3) is 6.01 Å². The summed E-state index contributed by atoms with van der Waals surface area (Å²) >= 11 is 0. The van der Waals surface area contributed by atoms with Crippen LogP contribution < -0.4 is 5.32 Å². The maximum absolute atomic E-state index is 13.1. The third-order valence-corrected chi connectivity index (χ3v) is 3.55. The van der Waals surface area contributed by atoms with E-state index in [0.29, 0.717) is 30.6 Å². The number of carbonyl (C=O) groups is 1. The van der Waals surface area contributed by atoms with Crippen molar-refractivity contribution in [2.75, 3.05) is 25.0 Å². The Morgan fingerprint density at radius 2 is 2.38 bits per heavy atom. The monoisotopic (exact) mass is 293 g/mol. The van der Waals surface area contributed by atoms with E-state index in [1.165, 1.54) is 18.2 Å². The molecule has 1 aliphatic rings. The fraction of sp³-hybridized carbons (Fsp3) is 0.429. The number of aromatic nitrogens is 1. The minimum absolute atomic E-state index is 0.0549. The Bertz CT molecular complexity index is 656. The summed E-state index contributed by atoms with van der Waals surface area (Å²) in [6.45, 7) is 0.923. The summed E-state index contributed by atoms with van der Waals surface area (Å²) in [6, 6.07) is 3.86. The topological polar surface area (TPSA) is 78.6 Å². The minimum atomic E-state index is -0.428. The lowest BCUT2D eigenvalue weighted by atomic mass is 10.1. The average Bonchev–Trinajstić information content (AvgIpc) is 2.85. The van der Waals surface area contributed by atoms with Crippen LogP contribution in [-0.2, 0) is 4.79 Å². The number of nitrogens with zero attached hydrogens (tertiary/aromatic N) is 2. The summed E-state index contributed by atoms with van der Waals surface area (Å²) in [7, 11) is 0. The Morgan fingerprint density at radius 1 is 1.52 bits per heavy atom. The van der Waals surface area contributed by atoms with E-state index in [1.54, 1.807) is 4.90 Å². The Morgan fingerprint density at radius 3 is 3.19 bits per heavy atom. The van der Waals surface area contributed by atoms with Crippen molar-refractivity contribution in [1.29, 1.82) is 0 Å². The molecule has 1 saturated heterocycles. The number of fused-ring (bicyclic) bond motifs is 1. The molecule has 2 N–H and O–H groups in total. The molecule has 3 rings (SSSR count). The highest BCUT2D eigenvalue weighted by Crippen LogP contribution is 2.22. The van der Waals surface area contributed by atoms with Crippen molar-refractivity contribution < 1.29 is 18.7 Å². The van der Waals surface area contributed by atoms with Gasteiger partial charge in [-0.05, 0) is 25.0 Å². The minimum Gasteiger partial charge on any atom is -0.424 e. The third-order valence-electron chi connectivity index (χ3n) is 3.55. The fourth-order valence-electron chi connectivity index (χ4n) is 2.53. The first-order chi connectivity index (χ1) is 10.2. The molecule has 0 spiro atoms. The molecule has 21 heavy (non-hydrogen) atoms. The van der Waals surface area contributed by atoms with Crippen molar-refractivity contribution in [2.45, 2.75) is 18.9 Å². The number of β-amino-alcohol motifs (C(OH)–C–C–N with tert-alkyl or cyclic N) is 1. The van der Waals surface area contributed by atoms with Crippen molar-refractivity contribution in [2.24, 2.45) is 0 Å². The van der Waals surface area contributed by atoms with Crippen LogP contribution in [0.15, 0.2) is 22.6 Å². The van der Waals surface area contributed by atoms with E-state index in [4.69, 9.17) is 9.52 Å². The summed E-state index contributed by atoms with van der Waals surface area (Å²) in [5, 5.41) is 11.9. The highest BCUT2D eigenvalue weighted by Gasteiger charge is 2.29. The molecule has 112 valence electrons. The number of nitrogens with one attached hydrogen (secondary N) is 1. The zero-order valence-electron chi connectivity index (χ0n) is 11.4. The van der Waals surface area contributed by atoms with Crippen LogP contribution in [0.4, 0.5) is 10.4 Å². The van der Waals surface area contributed by atoms with Gasteiger partial charge in [-0.2, -0.15) is 4.98 Å². The second-order valence-corrected chi connectivity index (χ2v) is 5.02. The number of hydrogen-bond acceptors (Lipinski definition) is 5. The van der Waals surface area contributed by atoms with Crippen LogP contribution in [0.2, 0.25) is 0 Å². The van der Waals surface area contributed by atoms with Crippen molar-refractivity contribution in [1.82, 2.24) is 9.88 Å². The van der Waals surface area contributed by atoms with E-state index in [-0.39, 0.29) is 24.3 Å². The molecule has 0 bridgehead atoms. The number of likely N-dealkylation sites (tertiary alicyclic amines) is 1. The standard InChI is InChI=1S/C14H16FN3O3/c15-9-3-4-12-11(8-9)17-14(21-12)16-10-2-1-5-18(6-7-19)13(10)20/h3-4,8,10,19H,1-2,5-7H2,(H,16,17)/t10-/m0/s1. The molecule has 0 saturated carbocycles. The molecule has 0 radical (unpaired) electrons. The molecular weight excluding hydrogens is 277 g/mol. The molecule has 2 heterocycles. The lowest BCUT2D eigenvalue weighted by Gasteiger charge is -2.31. The number of benzene rings is 1. The molecular formula is C14H16FN3O3. The number of halogens is 1. The number of rotatable bonds is 4. The van der Waals surface area contributed by atoms with E-state index in [9.17, 15) is 9.18 Å². The number of aliphatic hydroxyl groups excluding tert-OH is 1. The number of hydrogen-bond donors (Lipinski definition) is 2. The summed E-state index contributed by atoms with van der Waals surface area (Å²) in [4.78, 5) is 18.0. The molecule has 1 aliphatic heterocycles. The van der Waals surface area contributed by atoms with Gasteiger partial charge in [0, 0.05) is 19.2 Å². The molecule has 0 unspecified atom stereocenters. The van der Waals surface area contributed by atoms with Crippen LogP contribution in [0.1, 0.15) is 12.8 Å². The maximum atomic E-state index is 13.1. The van der Waals surface area contributed by atoms with Gasteiger partial charge in [-0.1, -0.05) is 0 Å². The smallest absolute Gasteiger partial charge is 0.296 e. The van der Waals surface area contributed by atoms with E-state index >= 15 is 0 Å². The number of anilines is 1. The van der Waals surface area contributed by atoms with Crippen LogP contribution in [-0.4, -0.2) is 46.6 Å². The van der Waals surface area contributed by atoms with E-state index in [0.717, 1.165) is 6.42 Å². The van der Waals surface area contributed by atoms with Gasteiger partial charge in [0.05, 0.1) is 6.61 Å². The van der Waals surface area contributed by atoms with Gasteiger partial charge in [0.2, 0.25) is 5.91 Å². The van der Waals surface area contributed by atoms with E-state index in [1.807, 2.05) is 0 Å². The Labute approximate surface area is 120 Å². The van der Waals surface area contributed by atoms with Crippen molar-refractivity contribution >= 4 is 23.0 Å². The number of aliphatic hydroxyl groups is 1. The van der Waals surface area contributed by atoms with Gasteiger partial charge in [-0.15, -0.1) is 0 Å². The number of oxazole rings is 1. The highest BCUT2D eigenvalue weighted by atomic mass is 19.1. The molecule has 1 atom stereocenters. The predicted molar refractivity (Wildman–Crippen MR) is 74.3 cm³/mol. The van der Waals surface area contributed by atoms with Gasteiger partial charge in [-0.25, -0.2) is 4.39 Å².